The highest BCUT2D eigenvalue weighted by Crippen LogP contribution is 2.51. The molecule has 1 aromatic heterocycles. The lowest BCUT2D eigenvalue weighted by Gasteiger charge is -2.27. The predicted molar refractivity (Wildman–Crippen MR) is 163 cm³/mol. The van der Waals surface area contributed by atoms with Gasteiger partial charge in [0.1, 0.15) is 0 Å². The Kier molecular flexibility index (Phi) is 6.69. The molecule has 7 heteroatoms. The minimum absolute atomic E-state index is 0.0858. The van der Waals surface area contributed by atoms with E-state index >= 15 is 0 Å². The number of hydrogen-bond donors (Lipinski definition) is 0. The van der Waals surface area contributed by atoms with Gasteiger partial charge < -0.3 is 0 Å². The number of fused-ring (bicyclic) bond motifs is 1. The van der Waals surface area contributed by atoms with Crippen molar-refractivity contribution in [1.29, 1.82) is 0 Å². The van der Waals surface area contributed by atoms with Crippen LogP contribution in [-0.4, -0.2) is 9.49 Å². The third kappa shape index (κ3) is 4.25. The van der Waals surface area contributed by atoms with Crippen molar-refractivity contribution in [2.45, 2.75) is 0 Å². The van der Waals surface area contributed by atoms with Gasteiger partial charge in [0.25, 0.3) is 0 Å². The standard InChI is InChI=1S/C33H24N3O3P/c37-33-32(36(38)39)31(29-23-13-14-24-30(29)35(33)25-15-5-1-6-16-25)34-40(26-17-7-2-8-18-26,27-19-9-3-10-20-27)28-21-11-4-12-22-28/h1-24H. The molecule has 40 heavy (non-hydrogen) atoms. The van der Waals surface area contributed by atoms with Crippen LogP contribution in [0.3, 0.4) is 0 Å². The van der Waals surface area contributed by atoms with E-state index in [0.717, 1.165) is 15.9 Å². The number of aromatic nitrogens is 1. The molecule has 194 valence electrons. The van der Waals surface area contributed by atoms with Crippen LogP contribution in [0.1, 0.15) is 0 Å². The number of rotatable bonds is 6. The fourth-order valence-electron chi connectivity index (χ4n) is 5.11. The van der Waals surface area contributed by atoms with Crippen LogP contribution in [-0.2, 0) is 0 Å². The van der Waals surface area contributed by atoms with Crippen LogP contribution in [0.25, 0.3) is 16.6 Å². The van der Waals surface area contributed by atoms with E-state index in [9.17, 15) is 14.9 Å². The van der Waals surface area contributed by atoms with Gasteiger partial charge in [-0.2, -0.15) is 0 Å². The highest BCUT2D eigenvalue weighted by Gasteiger charge is 2.32. The minimum atomic E-state index is -2.88. The van der Waals surface area contributed by atoms with Gasteiger partial charge in [0, 0.05) is 27.0 Å². The van der Waals surface area contributed by atoms with E-state index in [4.69, 9.17) is 4.74 Å². The molecular weight excluding hydrogens is 517 g/mol. The maximum absolute atomic E-state index is 14.0. The van der Waals surface area contributed by atoms with Gasteiger partial charge in [0.15, 0.2) is 5.69 Å². The second-order valence-electron chi connectivity index (χ2n) is 9.19. The number of hydrogen-bond acceptors (Lipinski definition) is 4. The molecule has 0 N–H and O–H groups in total. The average molecular weight is 542 g/mol. The molecule has 1 heterocycles. The van der Waals surface area contributed by atoms with Gasteiger partial charge in [-0.3, -0.25) is 19.5 Å². The maximum atomic E-state index is 14.0. The molecule has 0 amide bonds. The number of nitro groups is 1. The van der Waals surface area contributed by atoms with Crippen LogP contribution in [0.5, 0.6) is 0 Å². The Bertz CT molecular complexity index is 1840. The van der Waals surface area contributed by atoms with Crippen LogP contribution >= 0.6 is 7.05 Å². The first-order chi connectivity index (χ1) is 19.6. The summed E-state index contributed by atoms with van der Waals surface area (Å²) in [4.78, 5) is 26.1. The SMILES string of the molecule is O=c1c([N+](=O)[O-])c(N=P(c2ccccc2)(c2ccccc2)c2ccccc2)c2ccccc2n1-c1ccccc1. The van der Waals surface area contributed by atoms with E-state index in [1.165, 1.54) is 4.57 Å². The van der Waals surface area contributed by atoms with E-state index in [1.54, 1.807) is 36.4 Å². The molecule has 0 radical (unpaired) electrons. The smallest absolute Gasteiger partial charge is 0.271 e. The molecule has 0 unspecified atom stereocenters. The van der Waals surface area contributed by atoms with Crippen LogP contribution in [0.15, 0.2) is 155 Å². The summed E-state index contributed by atoms with van der Waals surface area (Å²) >= 11 is 0. The first-order valence-electron chi connectivity index (χ1n) is 12.8. The molecule has 0 aliphatic rings. The fraction of sp³-hybridized carbons (Fsp3) is 0. The Morgan fingerprint density at radius 3 is 1.50 bits per heavy atom. The molecule has 0 bridgehead atoms. The number of pyridine rings is 1. The summed E-state index contributed by atoms with van der Waals surface area (Å²) < 4.78 is 6.80. The summed E-state index contributed by atoms with van der Waals surface area (Å²) in [6.45, 7) is 0. The Balaban J connectivity index is 1.86. The monoisotopic (exact) mass is 541 g/mol. The molecule has 0 spiro atoms. The van der Waals surface area contributed by atoms with Gasteiger partial charge in [-0.15, -0.1) is 0 Å². The normalized spacial score (nSPS) is 11.3. The highest BCUT2D eigenvalue weighted by atomic mass is 31.2. The first kappa shape index (κ1) is 25.2. The van der Waals surface area contributed by atoms with Gasteiger partial charge >= 0.3 is 11.2 Å². The van der Waals surface area contributed by atoms with Crippen LogP contribution in [0.2, 0.25) is 0 Å². The summed E-state index contributed by atoms with van der Waals surface area (Å²) in [7, 11) is -2.88. The Morgan fingerprint density at radius 1 is 0.600 bits per heavy atom. The van der Waals surface area contributed by atoms with E-state index in [1.807, 2.05) is 109 Å². The van der Waals surface area contributed by atoms with Crippen molar-refractivity contribution in [3.05, 3.63) is 166 Å². The Morgan fingerprint density at radius 2 is 1.02 bits per heavy atom. The largest absolute Gasteiger partial charge is 0.360 e. The minimum Gasteiger partial charge on any atom is -0.271 e. The average Bonchev–Trinajstić information content (AvgIpc) is 3.01. The number of benzene rings is 5. The summed E-state index contributed by atoms with van der Waals surface area (Å²) in [5.41, 5.74) is -0.0812. The molecule has 5 aromatic carbocycles. The second-order valence-corrected chi connectivity index (χ2v) is 12.2. The lowest BCUT2D eigenvalue weighted by molar-refractivity contribution is -0.385. The molecule has 0 aliphatic heterocycles. The van der Waals surface area contributed by atoms with Crippen molar-refractivity contribution >= 4 is 45.2 Å². The summed E-state index contributed by atoms with van der Waals surface area (Å²) in [6.07, 6.45) is 0. The predicted octanol–water partition coefficient (Wildman–Crippen LogP) is 6.71. The van der Waals surface area contributed by atoms with Gasteiger partial charge in [-0.25, -0.2) is 4.74 Å². The van der Waals surface area contributed by atoms with Crippen molar-refractivity contribution < 1.29 is 4.92 Å². The van der Waals surface area contributed by atoms with Gasteiger partial charge in [0.2, 0.25) is 0 Å². The molecule has 0 fully saturated rings. The summed E-state index contributed by atoms with van der Waals surface area (Å²) in [6, 6.07) is 45.8. The zero-order chi connectivity index (χ0) is 27.5. The van der Waals surface area contributed by atoms with Gasteiger partial charge in [-0.05, 0) is 18.2 Å². The highest BCUT2D eigenvalue weighted by molar-refractivity contribution is 7.87. The van der Waals surface area contributed by atoms with E-state index < -0.39 is 23.2 Å². The van der Waals surface area contributed by atoms with E-state index in [2.05, 4.69) is 0 Å². The van der Waals surface area contributed by atoms with Gasteiger partial charge in [0.05, 0.1) is 17.5 Å². The second kappa shape index (κ2) is 10.6. The molecule has 0 saturated carbocycles. The Labute approximate surface area is 231 Å². The number of para-hydroxylation sites is 2. The topological polar surface area (TPSA) is 77.5 Å². The first-order valence-corrected chi connectivity index (χ1v) is 14.5. The summed E-state index contributed by atoms with van der Waals surface area (Å²) in [5.74, 6) is 0. The molecule has 6 rings (SSSR count). The van der Waals surface area contributed by atoms with Crippen LogP contribution < -0.4 is 21.5 Å². The molecule has 0 saturated heterocycles. The zero-order valence-electron chi connectivity index (χ0n) is 21.4. The zero-order valence-corrected chi connectivity index (χ0v) is 22.3. The van der Waals surface area contributed by atoms with Gasteiger partial charge in [-0.1, -0.05) is 127 Å². The molecule has 6 nitrogen and oxygen atoms in total. The number of nitrogens with zero attached hydrogens (tertiary/aromatic N) is 3. The third-order valence-electron chi connectivity index (χ3n) is 6.87. The summed E-state index contributed by atoms with van der Waals surface area (Å²) in [5, 5.41) is 16.0. The fourth-order valence-corrected chi connectivity index (χ4v) is 8.67. The van der Waals surface area contributed by atoms with Crippen LogP contribution in [0.4, 0.5) is 11.4 Å². The van der Waals surface area contributed by atoms with E-state index in [0.29, 0.717) is 16.6 Å². The van der Waals surface area contributed by atoms with E-state index in [-0.39, 0.29) is 5.69 Å². The van der Waals surface area contributed by atoms with Crippen molar-refractivity contribution in [2.75, 3.05) is 0 Å². The van der Waals surface area contributed by atoms with Crippen LogP contribution in [0, 0.1) is 10.1 Å². The third-order valence-corrected chi connectivity index (χ3v) is 10.5. The molecule has 6 aromatic rings. The quantitative estimate of drug-likeness (QED) is 0.134. The molecule has 0 aliphatic carbocycles. The van der Waals surface area contributed by atoms with Crippen molar-refractivity contribution in [1.82, 2.24) is 4.57 Å². The molecular formula is C33H24N3O3P. The maximum Gasteiger partial charge on any atom is 0.360 e. The lowest BCUT2D eigenvalue weighted by Crippen LogP contribution is -2.26. The van der Waals surface area contributed by atoms with Crippen molar-refractivity contribution in [3.8, 4) is 5.69 Å². The Hall–Kier alpha value is -5.06. The van der Waals surface area contributed by atoms with Crippen molar-refractivity contribution in [2.24, 2.45) is 4.74 Å². The lowest BCUT2D eigenvalue weighted by atomic mass is 10.1. The molecule has 0 atom stereocenters. The van der Waals surface area contributed by atoms with Crippen molar-refractivity contribution in [3.63, 3.8) is 0 Å².